The zero-order valence-corrected chi connectivity index (χ0v) is 42.2. The molecule has 0 amide bonds. The number of nitriles is 2. The van der Waals surface area contributed by atoms with Crippen LogP contribution in [0.3, 0.4) is 0 Å². The van der Waals surface area contributed by atoms with E-state index in [-0.39, 0.29) is 0 Å². The number of nitrogens with zero attached hydrogens (tertiary/aromatic N) is 4. The van der Waals surface area contributed by atoms with Crippen LogP contribution in [0.5, 0.6) is 11.5 Å². The SMILES string of the molecule is CCOc1ccc(N(c2ccc(C=Cc3ccc4c(C#N)c5cc(C=Cc6ccc(N(c7ccc(OCC)cc7)c7cccc8c7CCCC8)cc6)ccc5c(C#N)c4c3)cc2)c2cccc3c2CCCC3)cc1. The number of hydrogen-bond donors (Lipinski definition) is 0. The van der Waals surface area contributed by atoms with Crippen molar-refractivity contribution in [3.05, 3.63) is 225 Å². The Morgan fingerprint density at radius 3 is 1.14 bits per heavy atom. The van der Waals surface area contributed by atoms with E-state index in [0.717, 1.165) is 104 Å². The van der Waals surface area contributed by atoms with Crippen molar-refractivity contribution in [1.29, 1.82) is 10.5 Å². The molecule has 0 spiro atoms. The van der Waals surface area contributed by atoms with Crippen molar-refractivity contribution in [3.8, 4) is 23.6 Å². The lowest BCUT2D eigenvalue weighted by atomic mass is 9.90. The van der Waals surface area contributed by atoms with Gasteiger partial charge in [-0.25, -0.2) is 0 Å². The van der Waals surface area contributed by atoms with Crippen LogP contribution in [0.1, 0.15) is 95.2 Å². The second-order valence-electron chi connectivity index (χ2n) is 19.2. The van der Waals surface area contributed by atoms with Gasteiger partial charge < -0.3 is 19.3 Å². The monoisotopic (exact) mass is 962 g/mol. The van der Waals surface area contributed by atoms with Gasteiger partial charge in [0.15, 0.2) is 0 Å². The molecule has 2 aliphatic carbocycles. The molecule has 9 aromatic rings. The van der Waals surface area contributed by atoms with Crippen molar-refractivity contribution in [3.63, 3.8) is 0 Å². The minimum atomic E-state index is 0.564. The van der Waals surface area contributed by atoms with Crippen LogP contribution < -0.4 is 19.3 Å². The van der Waals surface area contributed by atoms with Crippen molar-refractivity contribution >= 4 is 80.0 Å². The molecule has 0 atom stereocenters. The molecule has 0 aromatic heterocycles. The molecule has 2 aliphatic rings. The van der Waals surface area contributed by atoms with E-state index < -0.39 is 0 Å². The van der Waals surface area contributed by atoms with Crippen LogP contribution in [0.4, 0.5) is 34.1 Å². The lowest BCUT2D eigenvalue weighted by Gasteiger charge is -2.30. The number of benzene rings is 9. The van der Waals surface area contributed by atoms with E-state index in [4.69, 9.17) is 9.47 Å². The molecule has 0 aliphatic heterocycles. The summed E-state index contributed by atoms with van der Waals surface area (Å²) in [5.41, 5.74) is 17.7. The van der Waals surface area contributed by atoms with Crippen molar-refractivity contribution in [2.75, 3.05) is 23.0 Å². The lowest BCUT2D eigenvalue weighted by molar-refractivity contribution is 0.340. The first-order valence-electron chi connectivity index (χ1n) is 26.2. The molecule has 0 saturated heterocycles. The Morgan fingerprint density at radius 2 is 0.757 bits per heavy atom. The Kier molecular flexibility index (Phi) is 13.8. The number of aryl methyl sites for hydroxylation is 2. The summed E-state index contributed by atoms with van der Waals surface area (Å²) in [4.78, 5) is 4.73. The van der Waals surface area contributed by atoms with E-state index in [2.05, 4.69) is 155 Å². The summed E-state index contributed by atoms with van der Waals surface area (Å²) in [5.74, 6) is 1.72. The second kappa shape index (κ2) is 21.5. The minimum Gasteiger partial charge on any atom is -0.494 e. The maximum atomic E-state index is 10.7. The highest BCUT2D eigenvalue weighted by Crippen LogP contribution is 2.43. The molecule has 6 heteroatoms. The van der Waals surface area contributed by atoms with Crippen LogP contribution in [-0.2, 0) is 25.7 Å². The molecule has 0 N–H and O–H groups in total. The van der Waals surface area contributed by atoms with Crippen molar-refractivity contribution in [2.45, 2.75) is 65.2 Å². The van der Waals surface area contributed by atoms with Crippen LogP contribution >= 0.6 is 0 Å². The number of anilines is 6. The summed E-state index contributed by atoms with van der Waals surface area (Å²) in [5, 5.41) is 24.4. The largest absolute Gasteiger partial charge is 0.494 e. The lowest BCUT2D eigenvalue weighted by Crippen LogP contribution is -2.15. The van der Waals surface area contributed by atoms with Crippen LogP contribution in [0.15, 0.2) is 170 Å². The molecule has 74 heavy (non-hydrogen) atoms. The summed E-state index contributed by atoms with van der Waals surface area (Å²) < 4.78 is 11.6. The standard InChI is InChI=1S/C68H58N4O2/c1-3-73-57-37-33-55(34-38-57)71(67-17-9-13-51-11-5-7-15-59(51)67)53-29-23-47(24-30-53)19-21-49-27-41-61-63(43-49)65(45-69)62-42-28-50(44-64(62)66(61)46-70)22-20-48-25-31-54(32-26-48)72(56-35-39-58(40-36-56)74-4-2)68-18-10-14-52-12-6-8-16-60(52)68/h9-10,13-14,17-44H,3-8,11-12,15-16H2,1-2H3. The Labute approximate surface area is 435 Å². The van der Waals surface area contributed by atoms with E-state index in [1.54, 1.807) is 0 Å². The summed E-state index contributed by atoms with van der Waals surface area (Å²) >= 11 is 0. The van der Waals surface area contributed by atoms with Gasteiger partial charge in [-0.1, -0.05) is 97.1 Å². The average Bonchev–Trinajstić information content (AvgIpc) is 3.45. The topological polar surface area (TPSA) is 72.5 Å². The second-order valence-corrected chi connectivity index (χ2v) is 19.2. The van der Waals surface area contributed by atoms with Gasteiger partial charge >= 0.3 is 0 Å². The molecule has 0 bridgehead atoms. The number of rotatable bonds is 14. The van der Waals surface area contributed by atoms with Gasteiger partial charge in [0, 0.05) is 55.7 Å². The zero-order valence-electron chi connectivity index (χ0n) is 42.2. The van der Waals surface area contributed by atoms with Gasteiger partial charge in [-0.05, 0) is 207 Å². The highest BCUT2D eigenvalue weighted by atomic mass is 16.5. The fraction of sp³-hybridized carbons (Fsp3) is 0.176. The van der Waals surface area contributed by atoms with Crippen molar-refractivity contribution < 1.29 is 9.47 Å². The predicted molar refractivity (Wildman–Crippen MR) is 307 cm³/mol. The molecule has 0 unspecified atom stereocenters. The van der Waals surface area contributed by atoms with Gasteiger partial charge in [0.25, 0.3) is 0 Å². The average molecular weight is 963 g/mol. The van der Waals surface area contributed by atoms with Crippen LogP contribution in [0, 0.1) is 22.7 Å². The number of ether oxygens (including phenoxy) is 2. The van der Waals surface area contributed by atoms with Gasteiger partial charge in [0.2, 0.25) is 0 Å². The van der Waals surface area contributed by atoms with Crippen LogP contribution in [0.2, 0.25) is 0 Å². The molecular formula is C68H58N4O2. The Balaban J connectivity index is 0.852. The van der Waals surface area contributed by atoms with Crippen LogP contribution in [0.25, 0.3) is 45.8 Å². The molecular weight excluding hydrogens is 905 g/mol. The Hall–Kier alpha value is -8.84. The van der Waals surface area contributed by atoms with Gasteiger partial charge in [0.1, 0.15) is 23.6 Å². The number of fused-ring (bicyclic) bond motifs is 4. The zero-order chi connectivity index (χ0) is 50.4. The van der Waals surface area contributed by atoms with Crippen molar-refractivity contribution in [2.24, 2.45) is 0 Å². The molecule has 0 fully saturated rings. The van der Waals surface area contributed by atoms with E-state index in [1.165, 1.54) is 59.3 Å². The van der Waals surface area contributed by atoms with E-state index in [0.29, 0.717) is 24.3 Å². The maximum Gasteiger partial charge on any atom is 0.119 e. The minimum absolute atomic E-state index is 0.564. The molecule has 362 valence electrons. The third-order valence-corrected chi connectivity index (χ3v) is 14.7. The normalized spacial score (nSPS) is 13.1. The molecule has 9 aromatic carbocycles. The van der Waals surface area contributed by atoms with Gasteiger partial charge in [-0.3, -0.25) is 0 Å². The summed E-state index contributed by atoms with van der Waals surface area (Å²) in [6, 6.07) is 64.7. The smallest absolute Gasteiger partial charge is 0.119 e. The fourth-order valence-corrected chi connectivity index (χ4v) is 11.1. The highest BCUT2D eigenvalue weighted by Gasteiger charge is 2.23. The molecule has 6 nitrogen and oxygen atoms in total. The Bertz CT molecular complexity index is 3410. The fourth-order valence-electron chi connectivity index (χ4n) is 11.1. The van der Waals surface area contributed by atoms with E-state index in [9.17, 15) is 10.5 Å². The predicted octanol–water partition coefficient (Wildman–Crippen LogP) is 17.6. The first kappa shape index (κ1) is 47.5. The van der Waals surface area contributed by atoms with Gasteiger partial charge in [0.05, 0.1) is 24.3 Å². The molecule has 0 radical (unpaired) electrons. The Morgan fingerprint density at radius 1 is 0.405 bits per heavy atom. The van der Waals surface area contributed by atoms with Crippen molar-refractivity contribution in [1.82, 2.24) is 0 Å². The third-order valence-electron chi connectivity index (χ3n) is 14.7. The summed E-state index contributed by atoms with van der Waals surface area (Å²) in [7, 11) is 0. The van der Waals surface area contributed by atoms with Crippen LogP contribution in [-0.4, -0.2) is 13.2 Å². The highest BCUT2D eigenvalue weighted by molar-refractivity contribution is 6.10. The number of hydrogen-bond acceptors (Lipinski definition) is 6. The first-order valence-corrected chi connectivity index (χ1v) is 26.2. The van der Waals surface area contributed by atoms with Gasteiger partial charge in [-0.2, -0.15) is 10.5 Å². The quantitative estimate of drug-likeness (QED) is 0.0799. The van der Waals surface area contributed by atoms with Gasteiger partial charge in [-0.15, -0.1) is 0 Å². The molecule has 11 rings (SSSR count). The summed E-state index contributed by atoms with van der Waals surface area (Å²) in [6.45, 7) is 5.27. The third kappa shape index (κ3) is 9.63. The molecule has 0 saturated carbocycles. The molecule has 0 heterocycles. The van der Waals surface area contributed by atoms with E-state index >= 15 is 0 Å². The summed E-state index contributed by atoms with van der Waals surface area (Å²) in [6.07, 6.45) is 17.6. The first-order chi connectivity index (χ1) is 36.5. The maximum absolute atomic E-state index is 10.7. The van der Waals surface area contributed by atoms with E-state index in [1.807, 2.05) is 74.5 Å².